The zero-order valence-corrected chi connectivity index (χ0v) is 15.4. The fourth-order valence-corrected chi connectivity index (χ4v) is 4.60. The predicted molar refractivity (Wildman–Crippen MR) is 101 cm³/mol. The van der Waals surface area contributed by atoms with Crippen molar-refractivity contribution in [1.29, 1.82) is 0 Å². The van der Waals surface area contributed by atoms with Crippen LogP contribution in [-0.2, 0) is 11.3 Å². The van der Waals surface area contributed by atoms with Crippen molar-refractivity contribution in [2.45, 2.75) is 45.6 Å². The van der Waals surface area contributed by atoms with Crippen molar-refractivity contribution >= 4 is 11.6 Å². The van der Waals surface area contributed by atoms with E-state index >= 15 is 0 Å². The number of likely N-dealkylation sites (tertiary alicyclic amines) is 1. The summed E-state index contributed by atoms with van der Waals surface area (Å²) in [7, 11) is 0. The fourth-order valence-electron chi connectivity index (χ4n) is 4.60. The third kappa shape index (κ3) is 3.90. The Balaban J connectivity index is 1.28. The van der Waals surface area contributed by atoms with E-state index in [2.05, 4.69) is 46.7 Å². The number of nitrogens with one attached hydrogen (secondary N) is 2. The van der Waals surface area contributed by atoms with Crippen molar-refractivity contribution in [3.63, 3.8) is 0 Å². The van der Waals surface area contributed by atoms with Crippen LogP contribution in [0.1, 0.15) is 44.6 Å². The molecule has 0 aromatic heterocycles. The molecule has 1 aromatic rings. The van der Waals surface area contributed by atoms with E-state index in [1.165, 1.54) is 31.5 Å². The molecule has 4 heteroatoms. The minimum atomic E-state index is 0.222. The first kappa shape index (κ1) is 17.0. The number of carbonyl (C=O) groups excluding carboxylic acids is 1. The van der Waals surface area contributed by atoms with E-state index in [9.17, 15) is 4.79 Å². The number of nitrogens with zero attached hydrogens (tertiary/aromatic N) is 1. The monoisotopic (exact) mass is 341 g/mol. The molecule has 2 aliphatic heterocycles. The first-order valence-corrected chi connectivity index (χ1v) is 9.97. The van der Waals surface area contributed by atoms with Crippen LogP contribution in [0.25, 0.3) is 0 Å². The Kier molecular flexibility index (Phi) is 4.83. The van der Waals surface area contributed by atoms with E-state index in [1.54, 1.807) is 0 Å². The number of amides is 1. The Morgan fingerprint density at radius 1 is 1.20 bits per heavy atom. The maximum atomic E-state index is 12.5. The van der Waals surface area contributed by atoms with Gasteiger partial charge in [-0.05, 0) is 87.3 Å². The molecule has 1 amide bonds. The molecule has 1 spiro atoms. The Hall–Kier alpha value is -1.39. The van der Waals surface area contributed by atoms with E-state index < -0.39 is 0 Å². The van der Waals surface area contributed by atoms with Gasteiger partial charge in [0.25, 0.3) is 0 Å². The minimum absolute atomic E-state index is 0.222. The van der Waals surface area contributed by atoms with Gasteiger partial charge in [-0.1, -0.05) is 19.1 Å². The van der Waals surface area contributed by atoms with Gasteiger partial charge in [-0.2, -0.15) is 0 Å². The maximum Gasteiger partial charge on any atom is 0.228 e. The Morgan fingerprint density at radius 2 is 1.88 bits per heavy atom. The molecule has 2 N–H and O–H groups in total. The van der Waals surface area contributed by atoms with Gasteiger partial charge in [0.2, 0.25) is 5.91 Å². The van der Waals surface area contributed by atoms with Gasteiger partial charge in [-0.25, -0.2) is 0 Å². The number of piperidine rings is 2. The first-order valence-electron chi connectivity index (χ1n) is 9.97. The van der Waals surface area contributed by atoms with Gasteiger partial charge in [0, 0.05) is 18.2 Å². The summed E-state index contributed by atoms with van der Waals surface area (Å²) in [4.78, 5) is 15.1. The van der Waals surface area contributed by atoms with Gasteiger partial charge >= 0.3 is 0 Å². The molecule has 4 nitrogen and oxygen atoms in total. The second-order valence-electron chi connectivity index (χ2n) is 8.51. The van der Waals surface area contributed by atoms with Crippen LogP contribution >= 0.6 is 0 Å². The molecule has 3 fully saturated rings. The SMILES string of the molecule is CC1CCN(Cc2ccc(NC(=O)C3CC34CCNCC4)cc2)CC1. The molecule has 2 heterocycles. The summed E-state index contributed by atoms with van der Waals surface area (Å²) in [6, 6.07) is 8.47. The molecule has 25 heavy (non-hydrogen) atoms. The molecule has 2 saturated heterocycles. The highest BCUT2D eigenvalue weighted by Gasteiger charge is 2.57. The standard InChI is InChI=1S/C21H31N3O/c1-16-6-12-24(13-7-16)15-17-2-4-18(5-3-17)23-20(25)19-14-21(19)8-10-22-11-9-21/h2-5,16,19,22H,6-15H2,1H3,(H,23,25). The van der Waals surface area contributed by atoms with Gasteiger partial charge in [-0.15, -0.1) is 0 Å². The molecular weight excluding hydrogens is 310 g/mol. The van der Waals surface area contributed by atoms with Gasteiger partial charge in [-0.3, -0.25) is 9.69 Å². The number of anilines is 1. The number of benzene rings is 1. The number of hydrogen-bond acceptors (Lipinski definition) is 3. The molecule has 136 valence electrons. The third-order valence-corrected chi connectivity index (χ3v) is 6.61. The average Bonchev–Trinajstić information content (AvgIpc) is 3.32. The summed E-state index contributed by atoms with van der Waals surface area (Å²) in [6.07, 6.45) is 6.00. The van der Waals surface area contributed by atoms with Crippen LogP contribution in [-0.4, -0.2) is 37.0 Å². The largest absolute Gasteiger partial charge is 0.326 e. The highest BCUT2D eigenvalue weighted by molar-refractivity contribution is 5.95. The second kappa shape index (κ2) is 7.08. The predicted octanol–water partition coefficient (Wildman–Crippen LogP) is 3.25. The zero-order valence-electron chi connectivity index (χ0n) is 15.4. The molecule has 1 aromatic carbocycles. The molecular formula is C21H31N3O. The Bertz CT molecular complexity index is 598. The highest BCUT2D eigenvalue weighted by Crippen LogP contribution is 2.58. The number of carbonyl (C=O) groups is 1. The number of rotatable bonds is 4. The van der Waals surface area contributed by atoms with Crippen molar-refractivity contribution < 1.29 is 4.79 Å². The van der Waals surface area contributed by atoms with Gasteiger partial charge in [0.15, 0.2) is 0 Å². The first-order chi connectivity index (χ1) is 12.1. The molecule has 0 bridgehead atoms. The maximum absolute atomic E-state index is 12.5. The normalized spacial score (nSPS) is 26.5. The van der Waals surface area contributed by atoms with Crippen LogP contribution < -0.4 is 10.6 Å². The molecule has 0 radical (unpaired) electrons. The molecule has 1 saturated carbocycles. The molecule has 4 rings (SSSR count). The topological polar surface area (TPSA) is 44.4 Å². The van der Waals surface area contributed by atoms with Gasteiger partial charge < -0.3 is 10.6 Å². The van der Waals surface area contributed by atoms with Crippen molar-refractivity contribution in [2.75, 3.05) is 31.5 Å². The van der Waals surface area contributed by atoms with Gasteiger partial charge in [0.05, 0.1) is 0 Å². The van der Waals surface area contributed by atoms with Gasteiger partial charge in [0.1, 0.15) is 0 Å². The average molecular weight is 341 g/mol. The summed E-state index contributed by atoms with van der Waals surface area (Å²) in [5.41, 5.74) is 2.59. The summed E-state index contributed by atoms with van der Waals surface area (Å²) < 4.78 is 0. The lowest BCUT2D eigenvalue weighted by atomic mass is 9.92. The van der Waals surface area contributed by atoms with Crippen molar-refractivity contribution in [3.05, 3.63) is 29.8 Å². The Morgan fingerprint density at radius 3 is 2.56 bits per heavy atom. The molecule has 1 aliphatic carbocycles. The number of hydrogen-bond donors (Lipinski definition) is 2. The van der Waals surface area contributed by atoms with E-state index in [1.807, 2.05) is 0 Å². The van der Waals surface area contributed by atoms with Crippen LogP contribution in [0, 0.1) is 17.3 Å². The van der Waals surface area contributed by atoms with E-state index in [-0.39, 0.29) is 11.8 Å². The molecule has 1 unspecified atom stereocenters. The van der Waals surface area contributed by atoms with Crippen LogP contribution in [0.15, 0.2) is 24.3 Å². The van der Waals surface area contributed by atoms with Crippen molar-refractivity contribution in [1.82, 2.24) is 10.2 Å². The van der Waals surface area contributed by atoms with E-state index in [4.69, 9.17) is 0 Å². The second-order valence-corrected chi connectivity index (χ2v) is 8.51. The van der Waals surface area contributed by atoms with Crippen molar-refractivity contribution in [2.24, 2.45) is 17.3 Å². The highest BCUT2D eigenvalue weighted by atomic mass is 16.2. The van der Waals surface area contributed by atoms with E-state index in [0.29, 0.717) is 5.41 Å². The van der Waals surface area contributed by atoms with Crippen LogP contribution in [0.3, 0.4) is 0 Å². The summed E-state index contributed by atoms with van der Waals surface area (Å²) >= 11 is 0. The lowest BCUT2D eigenvalue weighted by molar-refractivity contribution is -0.118. The lowest BCUT2D eigenvalue weighted by Crippen LogP contribution is -2.32. The molecule has 1 atom stereocenters. The zero-order chi connectivity index (χ0) is 17.3. The van der Waals surface area contributed by atoms with Crippen LogP contribution in [0.2, 0.25) is 0 Å². The Labute approximate surface area is 151 Å². The fraction of sp³-hybridized carbons (Fsp3) is 0.667. The van der Waals surface area contributed by atoms with Crippen LogP contribution in [0.5, 0.6) is 0 Å². The van der Waals surface area contributed by atoms with Crippen LogP contribution in [0.4, 0.5) is 5.69 Å². The summed E-state index contributed by atoms with van der Waals surface area (Å²) in [5, 5.41) is 6.54. The quantitative estimate of drug-likeness (QED) is 0.884. The van der Waals surface area contributed by atoms with E-state index in [0.717, 1.165) is 50.5 Å². The minimum Gasteiger partial charge on any atom is -0.326 e. The lowest BCUT2D eigenvalue weighted by Gasteiger charge is -2.30. The van der Waals surface area contributed by atoms with Crippen molar-refractivity contribution in [3.8, 4) is 0 Å². The smallest absolute Gasteiger partial charge is 0.228 e. The molecule has 3 aliphatic rings. The third-order valence-electron chi connectivity index (χ3n) is 6.61. The summed E-state index contributed by atoms with van der Waals surface area (Å²) in [6.45, 7) is 7.92. The summed E-state index contributed by atoms with van der Waals surface area (Å²) in [5.74, 6) is 1.32.